The summed E-state index contributed by atoms with van der Waals surface area (Å²) >= 11 is 0. The predicted molar refractivity (Wildman–Crippen MR) is 162 cm³/mol. The second-order valence-electron chi connectivity index (χ2n) is 12.4. The lowest BCUT2D eigenvalue weighted by molar-refractivity contribution is -0.152. The zero-order valence-electron chi connectivity index (χ0n) is 25.2. The fourth-order valence-electron chi connectivity index (χ4n) is 5.67. The lowest BCUT2D eigenvalue weighted by Gasteiger charge is -2.19. The van der Waals surface area contributed by atoms with Gasteiger partial charge in [-0.1, -0.05) is 63.3 Å². The molecule has 0 spiro atoms. The van der Waals surface area contributed by atoms with Crippen LogP contribution in [0.4, 0.5) is 0 Å². The predicted octanol–water partition coefficient (Wildman–Crippen LogP) is 7.36. The van der Waals surface area contributed by atoms with Gasteiger partial charge in [0.1, 0.15) is 24.6 Å². The summed E-state index contributed by atoms with van der Waals surface area (Å²) in [7, 11) is 0. The van der Waals surface area contributed by atoms with Gasteiger partial charge >= 0.3 is 11.9 Å². The zero-order valence-corrected chi connectivity index (χ0v) is 25.2. The summed E-state index contributed by atoms with van der Waals surface area (Å²) in [4.78, 5) is 24.8. The van der Waals surface area contributed by atoms with Crippen molar-refractivity contribution in [3.05, 3.63) is 76.4 Å². The van der Waals surface area contributed by atoms with Crippen LogP contribution in [0.3, 0.4) is 0 Å². The van der Waals surface area contributed by atoms with Gasteiger partial charge in [-0.15, -0.1) is 0 Å². The van der Waals surface area contributed by atoms with E-state index in [0.29, 0.717) is 36.2 Å². The van der Waals surface area contributed by atoms with Gasteiger partial charge in [0, 0.05) is 36.0 Å². The molecule has 2 unspecified atom stereocenters. The molecule has 0 bridgehead atoms. The minimum absolute atomic E-state index is 0.0682. The lowest BCUT2D eigenvalue weighted by Crippen LogP contribution is -2.20. The molecule has 2 atom stereocenters. The third-order valence-electron chi connectivity index (χ3n) is 7.60. The molecule has 2 aliphatic heterocycles. The molecule has 2 aliphatic rings. The maximum atomic E-state index is 12.5. The number of carbonyl (C=O) groups is 2. The molecule has 1 saturated heterocycles. The van der Waals surface area contributed by atoms with Crippen LogP contribution in [0.25, 0.3) is 0 Å². The Hall–Kier alpha value is -3.52. The monoisotopic (exact) mass is 556 g/mol. The van der Waals surface area contributed by atoms with Crippen molar-refractivity contribution in [2.24, 2.45) is 17.8 Å². The third-order valence-corrected chi connectivity index (χ3v) is 7.60. The van der Waals surface area contributed by atoms with Crippen molar-refractivity contribution in [1.82, 2.24) is 0 Å². The topological polar surface area (TPSA) is 61.8 Å². The highest BCUT2D eigenvalue weighted by atomic mass is 16.6. The first-order valence-electron chi connectivity index (χ1n) is 15.1. The Kier molecular flexibility index (Phi) is 10.7. The number of rotatable bonds is 11. The van der Waals surface area contributed by atoms with Crippen LogP contribution in [0.2, 0.25) is 0 Å². The number of hydrogen-bond acceptors (Lipinski definition) is 5. The van der Waals surface area contributed by atoms with Gasteiger partial charge in [-0.3, -0.25) is 4.79 Å². The molecule has 218 valence electrons. The van der Waals surface area contributed by atoms with Gasteiger partial charge in [0.25, 0.3) is 0 Å². The van der Waals surface area contributed by atoms with Crippen LogP contribution >= 0.6 is 0 Å². The van der Waals surface area contributed by atoms with Crippen molar-refractivity contribution in [3.8, 4) is 17.6 Å². The Morgan fingerprint density at radius 2 is 1.63 bits per heavy atom. The van der Waals surface area contributed by atoms with Crippen molar-refractivity contribution >= 4 is 11.9 Å². The zero-order chi connectivity index (χ0) is 29.4. The highest BCUT2D eigenvalue weighted by Gasteiger charge is 2.30. The van der Waals surface area contributed by atoms with Gasteiger partial charge in [0.2, 0.25) is 0 Å². The molecule has 0 N–H and O–H groups in total. The highest BCUT2D eigenvalue weighted by Crippen LogP contribution is 2.31. The van der Waals surface area contributed by atoms with Gasteiger partial charge < -0.3 is 14.2 Å². The molecule has 0 aromatic heterocycles. The summed E-state index contributed by atoms with van der Waals surface area (Å²) < 4.78 is 17.0. The molecule has 0 radical (unpaired) electrons. The number of hydrogen-bond donors (Lipinski definition) is 0. The van der Waals surface area contributed by atoms with E-state index < -0.39 is 6.10 Å². The Labute approximate surface area is 245 Å². The second-order valence-corrected chi connectivity index (χ2v) is 12.4. The number of ether oxygens (including phenoxy) is 3. The maximum absolute atomic E-state index is 12.5. The summed E-state index contributed by atoms with van der Waals surface area (Å²) in [6.07, 6.45) is 6.83. The highest BCUT2D eigenvalue weighted by molar-refractivity contribution is 5.90. The summed E-state index contributed by atoms with van der Waals surface area (Å²) in [6, 6.07) is 14.2. The van der Waals surface area contributed by atoms with Crippen molar-refractivity contribution in [1.29, 1.82) is 0 Å². The molecular weight excluding hydrogens is 512 g/mol. The normalized spacial score (nSPS) is 18.8. The summed E-state index contributed by atoms with van der Waals surface area (Å²) in [5, 5.41) is 0. The molecule has 0 aliphatic carbocycles. The van der Waals surface area contributed by atoms with E-state index in [1.165, 1.54) is 5.56 Å². The lowest BCUT2D eigenvalue weighted by atomic mass is 9.86. The number of fused-ring (bicyclic) bond motifs is 1. The average molecular weight is 557 g/mol. The van der Waals surface area contributed by atoms with Crippen molar-refractivity contribution in [3.63, 3.8) is 0 Å². The minimum Gasteiger partial charge on any atom is -0.490 e. The Bertz CT molecular complexity index is 1280. The molecule has 2 aromatic carbocycles. The molecule has 5 heteroatoms. The molecular formula is C36H44O5. The van der Waals surface area contributed by atoms with Crippen LogP contribution in [0.1, 0.15) is 88.5 Å². The van der Waals surface area contributed by atoms with Crippen LogP contribution in [-0.4, -0.2) is 30.8 Å². The third kappa shape index (κ3) is 9.52. The van der Waals surface area contributed by atoms with E-state index in [1.54, 1.807) is 0 Å². The second kappa shape index (κ2) is 14.4. The van der Waals surface area contributed by atoms with Crippen LogP contribution in [0, 0.1) is 36.5 Å². The average Bonchev–Trinajstić information content (AvgIpc) is 3.50. The number of aryl methyl sites for hydroxylation is 1. The van der Waals surface area contributed by atoms with Crippen LogP contribution in [0.5, 0.6) is 5.75 Å². The quantitative estimate of drug-likeness (QED) is 0.164. The van der Waals surface area contributed by atoms with E-state index in [9.17, 15) is 9.59 Å². The number of cyclic esters (lactones) is 1. The fourth-order valence-corrected chi connectivity index (χ4v) is 5.67. The van der Waals surface area contributed by atoms with Crippen LogP contribution < -0.4 is 4.74 Å². The first-order valence-corrected chi connectivity index (χ1v) is 15.1. The number of esters is 2. The SMILES string of the molecule is Cc1ccc(C#Cc2ccc3c(c2)CC(CCC(=O)OCC2C/C(=C\CC(CC(C)C)CC(C)C)C(=O)O2)O3)cc1. The molecule has 0 amide bonds. The first-order chi connectivity index (χ1) is 19.6. The number of carbonyl (C=O) groups excluding carboxylic acids is 2. The molecule has 2 aromatic rings. The number of allylic oxidation sites excluding steroid dienone is 1. The van der Waals surface area contributed by atoms with Crippen molar-refractivity contribution in [2.75, 3.05) is 6.61 Å². The maximum Gasteiger partial charge on any atom is 0.334 e. The summed E-state index contributed by atoms with van der Waals surface area (Å²) in [5.74, 6) is 8.55. The van der Waals surface area contributed by atoms with Gasteiger partial charge in [-0.2, -0.15) is 0 Å². The fraction of sp³-hybridized carbons (Fsp3) is 0.500. The largest absolute Gasteiger partial charge is 0.490 e. The molecule has 0 saturated carbocycles. The molecule has 1 fully saturated rings. The van der Waals surface area contributed by atoms with Crippen LogP contribution in [0.15, 0.2) is 54.1 Å². The van der Waals surface area contributed by atoms with Gasteiger partial charge in [-0.05, 0) is 86.3 Å². The van der Waals surface area contributed by atoms with E-state index in [0.717, 1.165) is 48.1 Å². The van der Waals surface area contributed by atoms with Gasteiger partial charge in [0.05, 0.1) is 0 Å². The summed E-state index contributed by atoms with van der Waals surface area (Å²) in [5.41, 5.74) is 4.97. The minimum atomic E-state index is -0.405. The van der Waals surface area contributed by atoms with Crippen LogP contribution in [-0.2, 0) is 25.5 Å². The van der Waals surface area contributed by atoms with E-state index in [1.807, 2.05) is 30.3 Å². The first kappa shape index (κ1) is 30.4. The van der Waals surface area contributed by atoms with Gasteiger partial charge in [-0.25, -0.2) is 4.79 Å². The van der Waals surface area contributed by atoms with Gasteiger partial charge in [0.15, 0.2) is 0 Å². The molecule has 41 heavy (non-hydrogen) atoms. The van der Waals surface area contributed by atoms with E-state index >= 15 is 0 Å². The van der Waals surface area contributed by atoms with Crippen molar-refractivity contribution in [2.45, 2.75) is 91.8 Å². The Balaban J connectivity index is 1.19. The smallest absolute Gasteiger partial charge is 0.334 e. The van der Waals surface area contributed by atoms with Crippen molar-refractivity contribution < 1.29 is 23.8 Å². The van der Waals surface area contributed by atoms with E-state index in [4.69, 9.17) is 14.2 Å². The standard InChI is InChI=1S/C36H44O5/c1-24(2)18-29(19-25(3)4)12-14-30-21-33(41-36(30)38)23-39-35(37)17-15-32-22-31-20-28(13-16-34(31)40-32)11-10-27-8-6-26(5)7-9-27/h6-9,13-14,16,20,24-25,29,32-33H,12,15,17-19,21-23H2,1-5H3/b30-14+. The van der Waals surface area contributed by atoms with E-state index in [2.05, 4.69) is 64.7 Å². The Morgan fingerprint density at radius 3 is 2.34 bits per heavy atom. The molecule has 4 rings (SSSR count). The van der Waals surface area contributed by atoms with E-state index in [-0.39, 0.29) is 31.1 Å². The number of benzene rings is 2. The summed E-state index contributed by atoms with van der Waals surface area (Å²) in [6.45, 7) is 11.1. The Morgan fingerprint density at radius 1 is 0.951 bits per heavy atom. The molecule has 5 nitrogen and oxygen atoms in total. The molecule has 2 heterocycles.